The molecule has 2 unspecified atom stereocenters. The van der Waals surface area contributed by atoms with Crippen LogP contribution >= 0.6 is 16.8 Å². The highest BCUT2D eigenvalue weighted by Crippen LogP contribution is 2.57. The van der Waals surface area contributed by atoms with Gasteiger partial charge in [-0.15, -0.1) is 0 Å². The van der Waals surface area contributed by atoms with Crippen molar-refractivity contribution in [3.8, 4) is 0 Å². The van der Waals surface area contributed by atoms with E-state index >= 15 is 0 Å². The van der Waals surface area contributed by atoms with E-state index in [1.54, 1.807) is 13.2 Å². The summed E-state index contributed by atoms with van der Waals surface area (Å²) in [6.45, 7) is 14.1. The zero-order valence-corrected chi connectivity index (χ0v) is 10.9. The van der Waals surface area contributed by atoms with Gasteiger partial charge in [-0.25, -0.2) is 0 Å². The molecule has 2 heteroatoms. The molecule has 1 aliphatic heterocycles. The predicted molar refractivity (Wildman–Crippen MR) is 62.9 cm³/mol. The molecule has 0 saturated heterocycles. The molecule has 0 fully saturated rings. The molecule has 0 aromatic heterocycles. The Morgan fingerprint density at radius 2 is 1.50 bits per heavy atom. The summed E-state index contributed by atoms with van der Waals surface area (Å²) in [6, 6.07) is 0. The van der Waals surface area contributed by atoms with Gasteiger partial charge in [0.2, 0.25) is 0 Å². The third-order valence-electron chi connectivity index (χ3n) is 2.06. The maximum Gasteiger partial charge on any atom is 0.0275 e. The Balaban J connectivity index is 2.62. The van der Waals surface area contributed by atoms with Crippen molar-refractivity contribution in [2.24, 2.45) is 10.8 Å². The third kappa shape index (κ3) is 2.30. The number of hydrogen-bond acceptors (Lipinski definition) is 0. The second-order valence-electron chi connectivity index (χ2n) is 5.64. The lowest BCUT2D eigenvalue weighted by Gasteiger charge is -2.40. The lowest BCUT2D eigenvalue weighted by molar-refractivity contribution is 0.455. The lowest BCUT2D eigenvalue weighted by atomic mass is 9.99. The van der Waals surface area contributed by atoms with Gasteiger partial charge in [0.25, 0.3) is 0 Å². The molecule has 12 heavy (non-hydrogen) atoms. The average Bonchev–Trinajstić information content (AvgIpc) is 1.46. The smallest absolute Gasteiger partial charge is 0.0275 e. The summed E-state index contributed by atoms with van der Waals surface area (Å²) in [5.41, 5.74) is 0.983. The first kappa shape index (κ1) is 10.7. The predicted octanol–water partition coefficient (Wildman–Crippen LogP) is 4.17. The van der Waals surface area contributed by atoms with Gasteiger partial charge in [0.1, 0.15) is 0 Å². The van der Waals surface area contributed by atoms with Crippen molar-refractivity contribution in [3.05, 3.63) is 0 Å². The van der Waals surface area contributed by atoms with Crippen molar-refractivity contribution in [1.29, 1.82) is 0 Å². The minimum Gasteiger partial charge on any atom is -0.0914 e. The highest BCUT2D eigenvalue weighted by Gasteiger charge is 2.35. The normalized spacial score (nSPS) is 28.2. The van der Waals surface area contributed by atoms with Crippen LogP contribution in [0.3, 0.4) is 0 Å². The molecule has 1 aliphatic rings. The standard InChI is InChI=1S/C10H20P2/c1-9(2,3)7-11-8(12-7)10(4,5)6/h7,11H,1-6H3. The largest absolute Gasteiger partial charge is 0.0914 e. The Kier molecular flexibility index (Phi) is 2.73. The minimum atomic E-state index is 0.460. The molecule has 0 aliphatic carbocycles. The molecular formula is C10H20P2. The first-order valence-electron chi connectivity index (χ1n) is 4.56. The summed E-state index contributed by atoms with van der Waals surface area (Å²) in [7, 11) is 2.74. The van der Waals surface area contributed by atoms with Crippen molar-refractivity contribution < 1.29 is 0 Å². The van der Waals surface area contributed by atoms with Crippen molar-refractivity contribution in [2.75, 3.05) is 0 Å². The topological polar surface area (TPSA) is 0 Å². The van der Waals surface area contributed by atoms with E-state index in [1.165, 1.54) is 0 Å². The molecule has 0 saturated carbocycles. The quantitative estimate of drug-likeness (QED) is 0.517. The van der Waals surface area contributed by atoms with Crippen LogP contribution in [0.4, 0.5) is 0 Å². The van der Waals surface area contributed by atoms with E-state index in [-0.39, 0.29) is 0 Å². The van der Waals surface area contributed by atoms with Gasteiger partial charge in [0, 0.05) is 5.40 Å². The second kappa shape index (κ2) is 3.07. The minimum absolute atomic E-state index is 0.460. The molecule has 1 rings (SSSR count). The van der Waals surface area contributed by atoms with Crippen LogP contribution in [-0.4, -0.2) is 10.4 Å². The molecule has 0 N–H and O–H groups in total. The van der Waals surface area contributed by atoms with Gasteiger partial charge in [-0.3, -0.25) is 0 Å². The Labute approximate surface area is 80.1 Å². The van der Waals surface area contributed by atoms with E-state index in [0.717, 1.165) is 14.0 Å². The van der Waals surface area contributed by atoms with Gasteiger partial charge in [0.15, 0.2) is 0 Å². The van der Waals surface area contributed by atoms with Crippen LogP contribution in [0.5, 0.6) is 0 Å². The van der Waals surface area contributed by atoms with Crippen LogP contribution in [0.1, 0.15) is 41.5 Å². The number of hydrogen-bond donors (Lipinski definition) is 0. The van der Waals surface area contributed by atoms with E-state index in [1.807, 2.05) is 0 Å². The lowest BCUT2D eigenvalue weighted by Crippen LogP contribution is -2.29. The molecule has 1 heterocycles. The molecule has 0 aromatic carbocycles. The summed E-state index contributed by atoms with van der Waals surface area (Å²) in [5, 5.41) is 2.70. The fraction of sp³-hybridized carbons (Fsp3) is 0.900. The fourth-order valence-electron chi connectivity index (χ4n) is 1.08. The number of rotatable bonds is 0. The van der Waals surface area contributed by atoms with Gasteiger partial charge in [-0.1, -0.05) is 58.3 Å². The Morgan fingerprint density at radius 3 is 1.75 bits per heavy atom. The van der Waals surface area contributed by atoms with Crippen molar-refractivity contribution >= 4 is 21.8 Å². The molecule has 0 amide bonds. The molecule has 0 radical (unpaired) electrons. The van der Waals surface area contributed by atoms with E-state index in [4.69, 9.17) is 0 Å². The molecule has 0 aromatic rings. The van der Waals surface area contributed by atoms with Crippen LogP contribution in [0.2, 0.25) is 0 Å². The Bertz CT molecular complexity index is 203. The summed E-state index contributed by atoms with van der Waals surface area (Å²) in [5.74, 6) is 0. The zero-order chi connectivity index (χ0) is 9.57. The zero-order valence-electron chi connectivity index (χ0n) is 9.02. The first-order valence-corrected chi connectivity index (χ1v) is 6.60. The van der Waals surface area contributed by atoms with E-state index in [9.17, 15) is 0 Å². The van der Waals surface area contributed by atoms with Crippen molar-refractivity contribution in [2.45, 2.75) is 46.9 Å². The average molecular weight is 202 g/mol. The fourth-order valence-corrected chi connectivity index (χ4v) is 4.41. The summed E-state index contributed by atoms with van der Waals surface area (Å²) in [6.07, 6.45) is 0. The molecule has 0 spiro atoms. The summed E-state index contributed by atoms with van der Waals surface area (Å²) in [4.78, 5) is 0. The second-order valence-corrected chi connectivity index (χ2v) is 9.14. The van der Waals surface area contributed by atoms with Gasteiger partial charge < -0.3 is 0 Å². The van der Waals surface area contributed by atoms with Gasteiger partial charge >= 0.3 is 0 Å². The highest BCUT2D eigenvalue weighted by atomic mass is 31.2. The third-order valence-corrected chi connectivity index (χ3v) is 7.74. The molecule has 70 valence electrons. The van der Waals surface area contributed by atoms with Gasteiger partial charge in [0.05, 0.1) is 0 Å². The molecule has 0 bridgehead atoms. The monoisotopic (exact) mass is 202 g/mol. The summed E-state index contributed by atoms with van der Waals surface area (Å²) >= 11 is 0. The van der Waals surface area contributed by atoms with Gasteiger partial charge in [-0.2, -0.15) is 0 Å². The van der Waals surface area contributed by atoms with Gasteiger partial charge in [-0.05, 0) is 15.9 Å². The summed E-state index contributed by atoms with van der Waals surface area (Å²) < 4.78 is 0. The van der Waals surface area contributed by atoms with E-state index in [0.29, 0.717) is 10.8 Å². The maximum atomic E-state index is 2.36. The van der Waals surface area contributed by atoms with E-state index in [2.05, 4.69) is 41.5 Å². The van der Waals surface area contributed by atoms with E-state index < -0.39 is 0 Å². The SMILES string of the molecule is CC(C)(C)C1=PC(C(C)(C)C)P1. The van der Waals surface area contributed by atoms with Crippen LogP contribution in [-0.2, 0) is 0 Å². The molecule has 2 atom stereocenters. The molecule has 0 nitrogen and oxygen atoms in total. The Morgan fingerprint density at radius 1 is 1.08 bits per heavy atom. The highest BCUT2D eigenvalue weighted by molar-refractivity contribution is 7.88. The Hall–Kier alpha value is 0.600. The van der Waals surface area contributed by atoms with Crippen LogP contribution in [0, 0.1) is 10.8 Å². The molecular weight excluding hydrogens is 182 g/mol. The first-order chi connectivity index (χ1) is 5.21. The van der Waals surface area contributed by atoms with Crippen LogP contribution in [0.25, 0.3) is 0 Å². The van der Waals surface area contributed by atoms with Crippen LogP contribution < -0.4 is 0 Å². The maximum absolute atomic E-state index is 2.36. The van der Waals surface area contributed by atoms with Crippen molar-refractivity contribution in [1.82, 2.24) is 0 Å². The van der Waals surface area contributed by atoms with Crippen molar-refractivity contribution in [3.63, 3.8) is 0 Å². The van der Waals surface area contributed by atoms with Crippen LogP contribution in [0.15, 0.2) is 0 Å².